The molecular weight excluding hydrogens is 320 g/mol. The molecule has 7 nitrogen and oxygen atoms in total. The highest BCUT2D eigenvalue weighted by atomic mass is 16.5. The minimum absolute atomic E-state index is 0.0147. The van der Waals surface area contributed by atoms with E-state index in [4.69, 9.17) is 4.74 Å². The molecule has 1 unspecified atom stereocenters. The number of nitrogens with one attached hydrogen (secondary N) is 1. The summed E-state index contributed by atoms with van der Waals surface area (Å²) in [4.78, 5) is 12.6. The topological polar surface area (TPSA) is 88.8 Å². The van der Waals surface area contributed by atoms with Crippen molar-refractivity contribution in [2.45, 2.75) is 57.8 Å². The van der Waals surface area contributed by atoms with Crippen molar-refractivity contribution < 1.29 is 14.6 Å². The first-order chi connectivity index (χ1) is 12.0. The molecule has 0 aromatic carbocycles. The van der Waals surface area contributed by atoms with Crippen LogP contribution in [0.15, 0.2) is 18.3 Å². The molecule has 0 bridgehead atoms. The number of fused-ring (bicyclic) bond motifs is 1. The number of ether oxygens (including phenoxy) is 1. The summed E-state index contributed by atoms with van der Waals surface area (Å²) in [5, 5.41) is 21.5. The fourth-order valence-electron chi connectivity index (χ4n) is 3.25. The van der Waals surface area contributed by atoms with Gasteiger partial charge in [0.05, 0.1) is 11.7 Å². The molecule has 2 N–H and O–H groups in total. The Balaban J connectivity index is 1.74. The van der Waals surface area contributed by atoms with Crippen LogP contribution in [0.25, 0.3) is 5.65 Å². The first kappa shape index (κ1) is 17.8. The van der Waals surface area contributed by atoms with Gasteiger partial charge in [-0.1, -0.05) is 13.8 Å². The van der Waals surface area contributed by atoms with Crippen LogP contribution in [0.2, 0.25) is 0 Å². The van der Waals surface area contributed by atoms with Gasteiger partial charge in [-0.15, -0.1) is 10.2 Å². The van der Waals surface area contributed by atoms with Crippen LogP contribution in [-0.4, -0.2) is 44.9 Å². The molecule has 1 atom stereocenters. The molecule has 2 heterocycles. The van der Waals surface area contributed by atoms with Crippen LogP contribution in [0.4, 0.5) is 0 Å². The average molecular weight is 346 g/mol. The van der Waals surface area contributed by atoms with Gasteiger partial charge in [0.1, 0.15) is 6.10 Å². The van der Waals surface area contributed by atoms with E-state index in [1.54, 1.807) is 29.8 Å². The molecule has 0 radical (unpaired) electrons. The van der Waals surface area contributed by atoms with Crippen molar-refractivity contribution in [3.63, 3.8) is 0 Å². The Kier molecular flexibility index (Phi) is 5.34. The number of carbonyl (C=O) groups is 1. The van der Waals surface area contributed by atoms with Gasteiger partial charge >= 0.3 is 0 Å². The predicted octanol–water partition coefficient (Wildman–Crippen LogP) is 2.11. The van der Waals surface area contributed by atoms with Crippen LogP contribution in [0.1, 0.15) is 61.8 Å². The molecule has 1 saturated carbocycles. The third-order valence-electron chi connectivity index (χ3n) is 4.93. The maximum atomic E-state index is 12.6. The van der Waals surface area contributed by atoms with E-state index < -0.39 is 6.10 Å². The summed E-state index contributed by atoms with van der Waals surface area (Å²) in [7, 11) is 1.74. The lowest BCUT2D eigenvalue weighted by molar-refractivity contribution is 0.0599. The number of aliphatic hydroxyl groups is 1. The lowest BCUT2D eigenvalue weighted by Gasteiger charge is -2.28. The van der Waals surface area contributed by atoms with Crippen LogP contribution >= 0.6 is 0 Å². The number of rotatable bonds is 5. The smallest absolute Gasteiger partial charge is 0.252 e. The molecule has 3 rings (SSSR count). The number of methoxy groups -OCH3 is 1. The molecular formula is C18H26N4O3. The number of pyridine rings is 1. The van der Waals surface area contributed by atoms with Gasteiger partial charge in [-0.3, -0.25) is 9.20 Å². The second-order valence-corrected chi connectivity index (χ2v) is 7.08. The SMILES string of the molecule is COC1CCC(NC(=O)c2ccc3nnc(C(O)C(C)C)n3c2)CC1. The number of hydrogen-bond acceptors (Lipinski definition) is 5. The molecule has 7 heteroatoms. The number of nitrogens with zero attached hydrogens (tertiary/aromatic N) is 3. The number of hydrogen-bond donors (Lipinski definition) is 2. The Bertz CT molecular complexity index is 735. The zero-order valence-electron chi connectivity index (χ0n) is 15.0. The van der Waals surface area contributed by atoms with Crippen molar-refractivity contribution in [3.05, 3.63) is 29.7 Å². The van der Waals surface area contributed by atoms with Gasteiger partial charge in [-0.2, -0.15) is 0 Å². The molecule has 136 valence electrons. The lowest BCUT2D eigenvalue weighted by atomic mass is 9.93. The van der Waals surface area contributed by atoms with E-state index in [9.17, 15) is 9.90 Å². The number of amides is 1. The van der Waals surface area contributed by atoms with E-state index in [1.165, 1.54) is 0 Å². The van der Waals surface area contributed by atoms with Gasteiger partial charge in [-0.05, 0) is 43.7 Å². The summed E-state index contributed by atoms with van der Waals surface area (Å²) >= 11 is 0. The second-order valence-electron chi connectivity index (χ2n) is 7.08. The van der Waals surface area contributed by atoms with E-state index in [0.717, 1.165) is 25.7 Å². The first-order valence-electron chi connectivity index (χ1n) is 8.86. The van der Waals surface area contributed by atoms with Crippen molar-refractivity contribution in [2.24, 2.45) is 5.92 Å². The standard InChI is InChI=1S/C18H26N4O3/c1-11(2)16(23)17-21-20-15-9-4-12(10-22(15)17)18(24)19-13-5-7-14(25-3)8-6-13/h4,9-11,13-14,16,23H,5-8H2,1-3H3,(H,19,24). The molecule has 25 heavy (non-hydrogen) atoms. The third-order valence-corrected chi connectivity index (χ3v) is 4.93. The van der Waals surface area contributed by atoms with E-state index in [-0.39, 0.29) is 17.9 Å². The minimum Gasteiger partial charge on any atom is -0.385 e. The zero-order valence-corrected chi connectivity index (χ0v) is 15.0. The monoisotopic (exact) mass is 346 g/mol. The molecule has 1 aliphatic rings. The summed E-state index contributed by atoms with van der Waals surface area (Å²) in [5.74, 6) is 0.363. The molecule has 1 fully saturated rings. The quantitative estimate of drug-likeness (QED) is 0.865. The van der Waals surface area contributed by atoms with E-state index >= 15 is 0 Å². The number of carbonyl (C=O) groups excluding carboxylic acids is 1. The summed E-state index contributed by atoms with van der Waals surface area (Å²) < 4.78 is 7.07. The third kappa shape index (κ3) is 3.82. The van der Waals surface area contributed by atoms with Gasteiger partial charge in [-0.25, -0.2) is 0 Å². The molecule has 0 saturated heterocycles. The Morgan fingerprint density at radius 3 is 2.64 bits per heavy atom. The molecule has 1 amide bonds. The Hall–Kier alpha value is -1.99. The molecule has 0 spiro atoms. The van der Waals surface area contributed by atoms with Crippen molar-refractivity contribution in [3.8, 4) is 0 Å². The van der Waals surface area contributed by atoms with Crippen LogP contribution in [-0.2, 0) is 4.74 Å². The Morgan fingerprint density at radius 1 is 1.28 bits per heavy atom. The summed E-state index contributed by atoms with van der Waals surface area (Å²) in [6.45, 7) is 3.83. The largest absolute Gasteiger partial charge is 0.385 e. The number of aromatic nitrogens is 3. The second kappa shape index (κ2) is 7.49. The Morgan fingerprint density at radius 2 is 2.00 bits per heavy atom. The summed E-state index contributed by atoms with van der Waals surface area (Å²) in [5.41, 5.74) is 1.16. The first-order valence-corrected chi connectivity index (χ1v) is 8.86. The maximum Gasteiger partial charge on any atom is 0.252 e. The molecule has 2 aromatic rings. The molecule has 1 aliphatic carbocycles. The van der Waals surface area contributed by atoms with Gasteiger partial charge in [0.15, 0.2) is 11.5 Å². The van der Waals surface area contributed by atoms with Crippen molar-refractivity contribution in [1.82, 2.24) is 19.9 Å². The van der Waals surface area contributed by atoms with Crippen LogP contribution < -0.4 is 5.32 Å². The highest BCUT2D eigenvalue weighted by Crippen LogP contribution is 2.22. The Labute approximate surface area is 147 Å². The van der Waals surface area contributed by atoms with Crippen LogP contribution in [0.3, 0.4) is 0 Å². The van der Waals surface area contributed by atoms with Gasteiger partial charge < -0.3 is 15.2 Å². The van der Waals surface area contributed by atoms with Gasteiger partial charge in [0.25, 0.3) is 5.91 Å². The normalized spacial score (nSPS) is 22.3. The summed E-state index contributed by atoms with van der Waals surface area (Å²) in [6.07, 6.45) is 5.08. The van der Waals surface area contributed by atoms with E-state index in [0.29, 0.717) is 23.1 Å². The predicted molar refractivity (Wildman–Crippen MR) is 93.3 cm³/mol. The molecule has 0 aliphatic heterocycles. The highest BCUT2D eigenvalue weighted by Gasteiger charge is 2.23. The van der Waals surface area contributed by atoms with Gasteiger partial charge in [0.2, 0.25) is 0 Å². The van der Waals surface area contributed by atoms with Crippen LogP contribution in [0.5, 0.6) is 0 Å². The van der Waals surface area contributed by atoms with Gasteiger partial charge in [0, 0.05) is 19.3 Å². The van der Waals surface area contributed by atoms with Crippen LogP contribution in [0, 0.1) is 5.92 Å². The van der Waals surface area contributed by atoms with Crippen molar-refractivity contribution in [1.29, 1.82) is 0 Å². The summed E-state index contributed by atoms with van der Waals surface area (Å²) in [6, 6.07) is 3.67. The fraction of sp³-hybridized carbons (Fsp3) is 0.611. The lowest BCUT2D eigenvalue weighted by Crippen LogP contribution is -2.39. The van der Waals surface area contributed by atoms with E-state index in [1.807, 2.05) is 13.8 Å². The van der Waals surface area contributed by atoms with E-state index in [2.05, 4.69) is 15.5 Å². The highest BCUT2D eigenvalue weighted by molar-refractivity contribution is 5.94. The molecule has 2 aromatic heterocycles. The maximum absolute atomic E-state index is 12.6. The van der Waals surface area contributed by atoms with Crippen molar-refractivity contribution in [2.75, 3.05) is 7.11 Å². The minimum atomic E-state index is -0.724. The fourth-order valence-corrected chi connectivity index (χ4v) is 3.25. The van der Waals surface area contributed by atoms with Crippen molar-refractivity contribution >= 4 is 11.6 Å². The number of aliphatic hydroxyl groups excluding tert-OH is 1. The zero-order chi connectivity index (χ0) is 18.0. The average Bonchev–Trinajstić information content (AvgIpc) is 3.04.